The maximum Gasteiger partial charge on any atom is 0.227 e. The van der Waals surface area contributed by atoms with Crippen molar-refractivity contribution >= 4 is 28.9 Å². The zero-order valence-corrected chi connectivity index (χ0v) is 20.0. The van der Waals surface area contributed by atoms with E-state index in [0.29, 0.717) is 23.8 Å². The summed E-state index contributed by atoms with van der Waals surface area (Å²) in [4.78, 5) is 27.6. The summed E-state index contributed by atoms with van der Waals surface area (Å²) in [6.07, 6.45) is 1.25. The van der Waals surface area contributed by atoms with Crippen LogP contribution >= 0.6 is 0 Å². The fraction of sp³-hybridized carbons (Fsp3) is 0.370. The molecule has 0 saturated carbocycles. The number of anilines is 4. The second kappa shape index (κ2) is 8.97. The maximum atomic E-state index is 13.1. The number of Topliss-reactive ketones (excluding diaryl/α,β-unsaturated/α-hetero) is 1. The molecule has 2 aliphatic rings. The smallest absolute Gasteiger partial charge is 0.227 e. The normalized spacial score (nSPS) is 17.3. The van der Waals surface area contributed by atoms with Crippen molar-refractivity contribution in [3.05, 3.63) is 65.9 Å². The molecular formula is C27H31N5O2. The number of carbonyl (C=O) groups excluding carboxylic acids is 1. The van der Waals surface area contributed by atoms with E-state index in [-0.39, 0.29) is 11.2 Å². The highest BCUT2D eigenvalue weighted by atomic mass is 16.5. The second-order valence-corrected chi connectivity index (χ2v) is 9.80. The minimum absolute atomic E-state index is 0.0997. The summed E-state index contributed by atoms with van der Waals surface area (Å²) in [5, 5.41) is 3.39. The summed E-state index contributed by atoms with van der Waals surface area (Å²) in [7, 11) is 1.65. The van der Waals surface area contributed by atoms with Crippen LogP contribution in [0.15, 0.2) is 54.6 Å². The Kier molecular flexibility index (Phi) is 5.86. The van der Waals surface area contributed by atoms with Gasteiger partial charge in [0.2, 0.25) is 5.95 Å². The number of ketones is 1. The standard InChI is InChI=1S/C27H31N5O2/c1-27(2)17-22-24(23(33)18-27)25(28-19-9-11-21(34-3)12-10-19)30-26(29-22)32-15-13-31(14-16-32)20-7-5-4-6-8-20/h4-12H,13-18H2,1-3H3,(H,28,29,30). The Labute approximate surface area is 200 Å². The lowest BCUT2D eigenvalue weighted by atomic mass is 9.75. The fourth-order valence-electron chi connectivity index (χ4n) is 4.80. The quantitative estimate of drug-likeness (QED) is 0.595. The van der Waals surface area contributed by atoms with E-state index >= 15 is 0 Å². The van der Waals surface area contributed by atoms with Gasteiger partial charge in [-0.1, -0.05) is 32.0 Å². The number of benzene rings is 2. The number of para-hydroxylation sites is 1. The number of fused-ring (bicyclic) bond motifs is 1. The number of methoxy groups -OCH3 is 1. The highest BCUT2D eigenvalue weighted by Gasteiger charge is 2.35. The molecule has 0 unspecified atom stereocenters. The summed E-state index contributed by atoms with van der Waals surface area (Å²) in [6, 6.07) is 18.1. The van der Waals surface area contributed by atoms with Gasteiger partial charge in [0, 0.05) is 44.0 Å². The van der Waals surface area contributed by atoms with E-state index < -0.39 is 0 Å². The molecule has 0 radical (unpaired) electrons. The highest BCUT2D eigenvalue weighted by Crippen LogP contribution is 2.38. The number of aromatic nitrogens is 2. The number of piperazine rings is 1. The van der Waals surface area contributed by atoms with Gasteiger partial charge < -0.3 is 19.9 Å². The Morgan fingerprint density at radius 3 is 2.24 bits per heavy atom. The predicted octanol–water partition coefficient (Wildman–Crippen LogP) is 4.71. The zero-order chi connectivity index (χ0) is 23.7. The third-order valence-corrected chi connectivity index (χ3v) is 6.57. The van der Waals surface area contributed by atoms with Crippen LogP contribution in [0.1, 0.15) is 36.3 Å². The molecule has 0 bridgehead atoms. The van der Waals surface area contributed by atoms with E-state index in [4.69, 9.17) is 14.7 Å². The number of hydrogen-bond acceptors (Lipinski definition) is 7. The Morgan fingerprint density at radius 1 is 0.882 bits per heavy atom. The molecule has 0 spiro atoms. The summed E-state index contributed by atoms with van der Waals surface area (Å²) in [6.45, 7) is 7.71. The lowest BCUT2D eigenvalue weighted by Gasteiger charge is -2.37. The second-order valence-electron chi connectivity index (χ2n) is 9.80. The van der Waals surface area contributed by atoms with Gasteiger partial charge in [-0.2, -0.15) is 4.98 Å². The topological polar surface area (TPSA) is 70.6 Å². The van der Waals surface area contributed by atoms with Crippen LogP contribution in [0.5, 0.6) is 5.75 Å². The van der Waals surface area contributed by atoms with Crippen LogP contribution in [0.25, 0.3) is 0 Å². The van der Waals surface area contributed by atoms with E-state index in [1.807, 2.05) is 30.3 Å². The maximum absolute atomic E-state index is 13.1. The molecule has 7 nitrogen and oxygen atoms in total. The molecule has 1 fully saturated rings. The average molecular weight is 458 g/mol. The average Bonchev–Trinajstić information content (AvgIpc) is 2.84. The van der Waals surface area contributed by atoms with Crippen LogP contribution in [-0.4, -0.2) is 49.0 Å². The molecule has 1 aromatic heterocycles. The number of ether oxygens (including phenoxy) is 1. The van der Waals surface area contributed by atoms with Gasteiger partial charge in [-0.05, 0) is 48.2 Å². The zero-order valence-electron chi connectivity index (χ0n) is 20.0. The third-order valence-electron chi connectivity index (χ3n) is 6.57. The van der Waals surface area contributed by atoms with Gasteiger partial charge in [0.25, 0.3) is 0 Å². The fourth-order valence-corrected chi connectivity index (χ4v) is 4.80. The molecule has 0 atom stereocenters. The summed E-state index contributed by atoms with van der Waals surface area (Å²) >= 11 is 0. The van der Waals surface area contributed by atoms with Gasteiger partial charge in [-0.15, -0.1) is 0 Å². The van der Waals surface area contributed by atoms with Crippen molar-refractivity contribution in [2.45, 2.75) is 26.7 Å². The van der Waals surface area contributed by atoms with E-state index in [9.17, 15) is 4.79 Å². The van der Waals surface area contributed by atoms with Crippen molar-refractivity contribution in [1.82, 2.24) is 9.97 Å². The van der Waals surface area contributed by atoms with Crippen molar-refractivity contribution < 1.29 is 9.53 Å². The lowest BCUT2D eigenvalue weighted by Crippen LogP contribution is -2.47. The molecule has 1 N–H and O–H groups in total. The van der Waals surface area contributed by atoms with Gasteiger partial charge in [-0.3, -0.25) is 4.79 Å². The Morgan fingerprint density at radius 2 is 1.56 bits per heavy atom. The monoisotopic (exact) mass is 457 g/mol. The van der Waals surface area contributed by atoms with Crippen LogP contribution in [0, 0.1) is 5.41 Å². The summed E-state index contributed by atoms with van der Waals surface area (Å²) < 4.78 is 5.27. The van der Waals surface area contributed by atoms with E-state index in [1.54, 1.807) is 7.11 Å². The molecule has 1 aliphatic heterocycles. The molecule has 5 rings (SSSR count). The molecule has 3 aromatic rings. The number of nitrogens with zero attached hydrogens (tertiary/aromatic N) is 4. The van der Waals surface area contributed by atoms with Crippen molar-refractivity contribution in [3.8, 4) is 5.75 Å². The molecule has 0 amide bonds. The van der Waals surface area contributed by atoms with Crippen LogP contribution in [0.3, 0.4) is 0 Å². The van der Waals surface area contributed by atoms with Gasteiger partial charge in [-0.25, -0.2) is 4.98 Å². The predicted molar refractivity (Wildman–Crippen MR) is 136 cm³/mol. The van der Waals surface area contributed by atoms with Crippen molar-refractivity contribution in [2.75, 3.05) is 48.4 Å². The van der Waals surface area contributed by atoms with E-state index in [2.05, 4.69) is 53.2 Å². The first-order valence-electron chi connectivity index (χ1n) is 11.8. The number of rotatable bonds is 5. The van der Waals surface area contributed by atoms with Gasteiger partial charge >= 0.3 is 0 Å². The van der Waals surface area contributed by atoms with Crippen LogP contribution in [0.2, 0.25) is 0 Å². The molecule has 7 heteroatoms. The largest absolute Gasteiger partial charge is 0.497 e. The molecule has 34 heavy (non-hydrogen) atoms. The highest BCUT2D eigenvalue weighted by molar-refractivity contribution is 6.03. The van der Waals surface area contributed by atoms with Gasteiger partial charge in [0.1, 0.15) is 11.6 Å². The molecule has 1 saturated heterocycles. The van der Waals surface area contributed by atoms with Crippen molar-refractivity contribution in [2.24, 2.45) is 5.41 Å². The van der Waals surface area contributed by atoms with Gasteiger partial charge in [0.05, 0.1) is 18.4 Å². The Hall–Kier alpha value is -3.61. The molecule has 1 aliphatic carbocycles. The molecule has 176 valence electrons. The number of nitrogens with one attached hydrogen (secondary N) is 1. The van der Waals surface area contributed by atoms with Crippen molar-refractivity contribution in [3.63, 3.8) is 0 Å². The van der Waals surface area contributed by atoms with Gasteiger partial charge in [0.15, 0.2) is 5.78 Å². The third kappa shape index (κ3) is 4.55. The molecule has 2 aromatic carbocycles. The number of hydrogen-bond donors (Lipinski definition) is 1. The van der Waals surface area contributed by atoms with Crippen molar-refractivity contribution in [1.29, 1.82) is 0 Å². The Balaban J connectivity index is 1.44. The first-order chi connectivity index (χ1) is 16.4. The SMILES string of the molecule is COc1ccc(Nc2nc(N3CCN(c4ccccc4)CC3)nc3c2C(=O)CC(C)(C)C3)cc1. The molecular weight excluding hydrogens is 426 g/mol. The van der Waals surface area contributed by atoms with Crippen LogP contribution in [-0.2, 0) is 6.42 Å². The first kappa shape index (κ1) is 22.2. The Bertz CT molecular complexity index is 1170. The number of carbonyl (C=O) groups is 1. The van der Waals surface area contributed by atoms with Crippen LogP contribution in [0.4, 0.5) is 23.1 Å². The lowest BCUT2D eigenvalue weighted by molar-refractivity contribution is 0.0911. The minimum Gasteiger partial charge on any atom is -0.497 e. The summed E-state index contributed by atoms with van der Waals surface area (Å²) in [5.74, 6) is 2.16. The van der Waals surface area contributed by atoms with E-state index in [0.717, 1.165) is 49.7 Å². The first-order valence-corrected chi connectivity index (χ1v) is 11.8. The van der Waals surface area contributed by atoms with Crippen LogP contribution < -0.4 is 19.9 Å². The minimum atomic E-state index is -0.112. The molecule has 2 heterocycles. The summed E-state index contributed by atoms with van der Waals surface area (Å²) in [5.41, 5.74) is 3.45. The van der Waals surface area contributed by atoms with E-state index in [1.165, 1.54) is 5.69 Å².